The largest absolute Gasteiger partial charge is 0.495 e. The van der Waals surface area contributed by atoms with E-state index in [9.17, 15) is 9.59 Å². The molecule has 3 aromatic rings. The number of hydrogen-bond acceptors (Lipinski definition) is 6. The molecular weight excluding hydrogens is 491 g/mol. The van der Waals surface area contributed by atoms with Crippen LogP contribution in [0.15, 0.2) is 52.4 Å². The molecule has 0 spiro atoms. The van der Waals surface area contributed by atoms with E-state index in [0.29, 0.717) is 34.1 Å². The van der Waals surface area contributed by atoms with Crippen LogP contribution in [-0.2, 0) is 9.53 Å². The van der Waals surface area contributed by atoms with E-state index in [0.717, 1.165) is 3.57 Å². The van der Waals surface area contributed by atoms with Crippen LogP contribution in [0.4, 0.5) is 0 Å². The number of para-hydroxylation sites is 2. The van der Waals surface area contributed by atoms with Crippen LogP contribution in [0.25, 0.3) is 16.6 Å². The minimum atomic E-state index is -0.519. The third-order valence-electron chi connectivity index (χ3n) is 4.03. The van der Waals surface area contributed by atoms with Gasteiger partial charge in [0.1, 0.15) is 11.0 Å². The van der Waals surface area contributed by atoms with E-state index in [1.165, 1.54) is 16.3 Å². The van der Waals surface area contributed by atoms with Gasteiger partial charge in [-0.2, -0.15) is 0 Å². The molecule has 1 heterocycles. The number of nitrogens with zero attached hydrogens (tertiary/aromatic N) is 2. The van der Waals surface area contributed by atoms with Gasteiger partial charge in [0.25, 0.3) is 5.56 Å². The lowest BCUT2D eigenvalue weighted by Gasteiger charge is -2.17. The lowest BCUT2D eigenvalue weighted by Crippen LogP contribution is -2.24. The van der Waals surface area contributed by atoms with Crippen molar-refractivity contribution >= 4 is 51.2 Å². The number of carbonyl (C=O) groups excluding carboxylic acids is 1. The Kier molecular flexibility index (Phi) is 6.61. The van der Waals surface area contributed by atoms with Gasteiger partial charge in [0.15, 0.2) is 5.16 Å². The Morgan fingerprint density at radius 1 is 1.29 bits per heavy atom. The number of ether oxygens (including phenoxy) is 2. The van der Waals surface area contributed by atoms with E-state index in [-0.39, 0.29) is 11.5 Å². The molecule has 0 amide bonds. The zero-order valence-corrected chi connectivity index (χ0v) is 18.6. The maximum atomic E-state index is 13.4. The van der Waals surface area contributed by atoms with Gasteiger partial charge in [-0.3, -0.25) is 14.2 Å². The fourth-order valence-electron chi connectivity index (χ4n) is 2.71. The molecular formula is C20H19IN2O4S. The summed E-state index contributed by atoms with van der Waals surface area (Å²) < 4.78 is 13.0. The van der Waals surface area contributed by atoms with Crippen molar-refractivity contribution in [3.8, 4) is 11.4 Å². The van der Waals surface area contributed by atoms with Gasteiger partial charge in [-0.15, -0.1) is 0 Å². The Balaban J connectivity index is 2.25. The van der Waals surface area contributed by atoms with E-state index in [4.69, 9.17) is 9.47 Å². The average Bonchev–Trinajstić information content (AvgIpc) is 2.69. The molecule has 8 heteroatoms. The van der Waals surface area contributed by atoms with Gasteiger partial charge >= 0.3 is 5.97 Å². The van der Waals surface area contributed by atoms with Crippen LogP contribution in [0.3, 0.4) is 0 Å². The number of esters is 1. The predicted octanol–water partition coefficient (Wildman–Crippen LogP) is 4.04. The van der Waals surface area contributed by atoms with Crippen LogP contribution in [0.2, 0.25) is 0 Å². The molecule has 0 radical (unpaired) electrons. The number of thioether (sulfide) groups is 1. The van der Waals surface area contributed by atoms with Gasteiger partial charge < -0.3 is 9.47 Å². The molecule has 0 aliphatic heterocycles. The second-order valence-electron chi connectivity index (χ2n) is 5.88. The van der Waals surface area contributed by atoms with Gasteiger partial charge in [0.2, 0.25) is 0 Å². The summed E-state index contributed by atoms with van der Waals surface area (Å²) in [6.45, 7) is 3.79. The van der Waals surface area contributed by atoms with Crippen LogP contribution in [0.1, 0.15) is 13.8 Å². The standard InChI is InChI=1S/C20H19IN2O4S/c1-4-27-19(25)12(2)28-20-22-15-10-9-13(21)11-14(15)18(24)23(20)16-7-5-6-8-17(16)26-3/h5-12H,4H2,1-3H3. The van der Waals surface area contributed by atoms with Crippen molar-refractivity contribution in [3.63, 3.8) is 0 Å². The SMILES string of the molecule is CCOC(=O)C(C)Sc1nc2ccc(I)cc2c(=O)n1-c1ccccc1OC. The third kappa shape index (κ3) is 4.17. The highest BCUT2D eigenvalue weighted by Gasteiger charge is 2.22. The molecule has 2 aromatic carbocycles. The van der Waals surface area contributed by atoms with Crippen LogP contribution < -0.4 is 10.3 Å². The Bertz CT molecular complexity index is 1080. The van der Waals surface area contributed by atoms with Crippen LogP contribution >= 0.6 is 34.4 Å². The molecule has 0 bridgehead atoms. The second kappa shape index (κ2) is 8.95. The summed E-state index contributed by atoms with van der Waals surface area (Å²) in [6, 6.07) is 12.7. The normalized spacial score (nSPS) is 12.0. The molecule has 0 aliphatic carbocycles. The van der Waals surface area contributed by atoms with E-state index < -0.39 is 5.25 Å². The average molecular weight is 510 g/mol. The summed E-state index contributed by atoms with van der Waals surface area (Å²) in [4.78, 5) is 30.2. The molecule has 3 rings (SSSR count). The number of aromatic nitrogens is 2. The first-order chi connectivity index (χ1) is 13.5. The number of hydrogen-bond donors (Lipinski definition) is 0. The highest BCUT2D eigenvalue weighted by atomic mass is 127. The Morgan fingerprint density at radius 3 is 2.75 bits per heavy atom. The van der Waals surface area contributed by atoms with Gasteiger partial charge in [-0.1, -0.05) is 23.9 Å². The number of benzene rings is 2. The van der Waals surface area contributed by atoms with E-state index in [1.54, 1.807) is 39.2 Å². The molecule has 0 saturated heterocycles. The zero-order valence-electron chi connectivity index (χ0n) is 15.6. The summed E-state index contributed by atoms with van der Waals surface area (Å²) in [5.74, 6) is 0.193. The molecule has 1 atom stereocenters. The molecule has 28 heavy (non-hydrogen) atoms. The summed E-state index contributed by atoms with van der Waals surface area (Å²) in [5.41, 5.74) is 0.934. The number of halogens is 1. The van der Waals surface area contributed by atoms with Crippen molar-refractivity contribution in [1.82, 2.24) is 9.55 Å². The molecule has 1 unspecified atom stereocenters. The van der Waals surface area contributed by atoms with Gasteiger partial charge in [0.05, 0.1) is 30.3 Å². The molecule has 0 aliphatic rings. The number of rotatable bonds is 6. The number of fused-ring (bicyclic) bond motifs is 1. The van der Waals surface area contributed by atoms with Gasteiger partial charge in [0, 0.05) is 3.57 Å². The summed E-state index contributed by atoms with van der Waals surface area (Å²) in [6.07, 6.45) is 0. The molecule has 0 fully saturated rings. The minimum Gasteiger partial charge on any atom is -0.495 e. The summed E-state index contributed by atoms with van der Waals surface area (Å²) in [5, 5.41) is 0.392. The van der Waals surface area contributed by atoms with Crippen molar-refractivity contribution in [2.75, 3.05) is 13.7 Å². The minimum absolute atomic E-state index is 0.216. The van der Waals surface area contributed by atoms with Gasteiger partial charge in [-0.05, 0) is 66.8 Å². The van der Waals surface area contributed by atoms with Crippen molar-refractivity contribution in [2.45, 2.75) is 24.3 Å². The molecule has 0 N–H and O–H groups in total. The molecule has 146 valence electrons. The van der Waals surface area contributed by atoms with Crippen LogP contribution in [-0.4, -0.2) is 34.5 Å². The van der Waals surface area contributed by atoms with Crippen molar-refractivity contribution < 1.29 is 14.3 Å². The highest BCUT2D eigenvalue weighted by Crippen LogP contribution is 2.29. The summed E-state index contributed by atoms with van der Waals surface area (Å²) in [7, 11) is 1.55. The number of carbonyl (C=O) groups is 1. The predicted molar refractivity (Wildman–Crippen MR) is 119 cm³/mol. The first kappa shape index (κ1) is 20.7. The van der Waals surface area contributed by atoms with Gasteiger partial charge in [-0.25, -0.2) is 4.98 Å². The van der Waals surface area contributed by atoms with E-state index >= 15 is 0 Å². The van der Waals surface area contributed by atoms with Crippen molar-refractivity contribution in [1.29, 1.82) is 0 Å². The van der Waals surface area contributed by atoms with Crippen molar-refractivity contribution in [3.05, 3.63) is 56.4 Å². The Morgan fingerprint density at radius 2 is 2.04 bits per heavy atom. The van der Waals surface area contributed by atoms with E-state index in [1.807, 2.05) is 24.3 Å². The number of methoxy groups -OCH3 is 1. The first-order valence-corrected chi connectivity index (χ1v) is 10.6. The zero-order chi connectivity index (χ0) is 20.3. The second-order valence-corrected chi connectivity index (χ2v) is 8.43. The Hall–Kier alpha value is -2.07. The maximum Gasteiger partial charge on any atom is 0.319 e. The smallest absolute Gasteiger partial charge is 0.319 e. The fourth-order valence-corrected chi connectivity index (χ4v) is 4.12. The highest BCUT2D eigenvalue weighted by molar-refractivity contribution is 14.1. The lowest BCUT2D eigenvalue weighted by atomic mass is 10.2. The molecule has 1 aromatic heterocycles. The Labute approximate surface area is 180 Å². The molecule has 6 nitrogen and oxygen atoms in total. The summed E-state index contributed by atoms with van der Waals surface area (Å²) >= 11 is 3.35. The fraction of sp³-hybridized carbons (Fsp3) is 0.250. The molecule has 0 saturated carbocycles. The van der Waals surface area contributed by atoms with E-state index in [2.05, 4.69) is 27.6 Å². The lowest BCUT2D eigenvalue weighted by molar-refractivity contribution is -0.142. The van der Waals surface area contributed by atoms with Crippen LogP contribution in [0.5, 0.6) is 5.75 Å². The van der Waals surface area contributed by atoms with Crippen LogP contribution in [0, 0.1) is 3.57 Å². The van der Waals surface area contributed by atoms with Crippen molar-refractivity contribution in [2.24, 2.45) is 0 Å². The topological polar surface area (TPSA) is 70.4 Å². The quantitative estimate of drug-likeness (QED) is 0.216. The third-order valence-corrected chi connectivity index (χ3v) is 5.73. The maximum absolute atomic E-state index is 13.4. The monoisotopic (exact) mass is 510 g/mol. The first-order valence-electron chi connectivity index (χ1n) is 8.65.